The van der Waals surface area contributed by atoms with Crippen molar-refractivity contribution < 1.29 is 9.85 Å². The molecule has 0 saturated carbocycles. The summed E-state index contributed by atoms with van der Waals surface area (Å²) in [7, 11) is 0. The number of nitro groups is 2. The molecule has 6 nitrogen and oxygen atoms in total. The van der Waals surface area contributed by atoms with Crippen molar-refractivity contribution in [2.45, 2.75) is 0 Å². The van der Waals surface area contributed by atoms with E-state index >= 15 is 0 Å². The summed E-state index contributed by atoms with van der Waals surface area (Å²) in [6.45, 7) is 0. The maximum Gasteiger partial charge on any atom is 0.284 e. The molecule has 0 aliphatic carbocycles. The van der Waals surface area contributed by atoms with Crippen LogP contribution in [0.2, 0.25) is 0 Å². The Kier molecular flexibility index (Phi) is 4.15. The first-order chi connectivity index (χ1) is 9.41. The molecule has 0 atom stereocenters. The highest BCUT2D eigenvalue weighted by molar-refractivity contribution is 9.13. The first-order valence-corrected chi connectivity index (χ1v) is 6.87. The maximum absolute atomic E-state index is 10.8. The molecule has 0 heterocycles. The van der Waals surface area contributed by atoms with Gasteiger partial charge in [-0.3, -0.25) is 20.2 Å². The van der Waals surface area contributed by atoms with Crippen LogP contribution in [0, 0.1) is 20.2 Å². The zero-order chi connectivity index (χ0) is 14.9. The van der Waals surface area contributed by atoms with E-state index in [2.05, 4.69) is 31.9 Å². The average molecular weight is 402 g/mol. The second-order valence-electron chi connectivity index (χ2n) is 3.82. The van der Waals surface area contributed by atoms with E-state index in [1.165, 1.54) is 18.2 Å². The summed E-state index contributed by atoms with van der Waals surface area (Å²) in [5, 5.41) is 21.6. The smallest absolute Gasteiger partial charge is 0.258 e. The zero-order valence-electron chi connectivity index (χ0n) is 9.75. The largest absolute Gasteiger partial charge is 0.284 e. The molecule has 0 unspecified atom stereocenters. The first-order valence-electron chi connectivity index (χ1n) is 5.29. The van der Waals surface area contributed by atoms with Gasteiger partial charge in [-0.1, -0.05) is 12.1 Å². The summed E-state index contributed by atoms with van der Waals surface area (Å²) in [5.74, 6) is 0. The molecule has 102 valence electrons. The van der Waals surface area contributed by atoms with Crippen LogP contribution in [0.5, 0.6) is 0 Å². The standard InChI is InChI=1S/C12H6Br2N2O4/c13-11-9(4-5-10(12(11)14)16(19)20)7-2-1-3-8(6-7)15(17)18/h1-6H. The Morgan fingerprint density at radius 3 is 2.20 bits per heavy atom. The van der Waals surface area contributed by atoms with Crippen LogP contribution in [0.15, 0.2) is 45.3 Å². The lowest BCUT2D eigenvalue weighted by molar-refractivity contribution is -0.385. The van der Waals surface area contributed by atoms with Crippen molar-refractivity contribution in [2.75, 3.05) is 0 Å². The highest BCUT2D eigenvalue weighted by atomic mass is 79.9. The zero-order valence-corrected chi connectivity index (χ0v) is 12.9. The van der Waals surface area contributed by atoms with Crippen LogP contribution in [-0.2, 0) is 0 Å². The van der Waals surface area contributed by atoms with Crippen LogP contribution >= 0.6 is 31.9 Å². The van der Waals surface area contributed by atoms with Gasteiger partial charge in [0.05, 0.1) is 9.85 Å². The Morgan fingerprint density at radius 2 is 1.60 bits per heavy atom. The summed E-state index contributed by atoms with van der Waals surface area (Å²) >= 11 is 6.43. The van der Waals surface area contributed by atoms with Gasteiger partial charge in [-0.15, -0.1) is 0 Å². The normalized spacial score (nSPS) is 10.3. The quantitative estimate of drug-likeness (QED) is 0.551. The molecule has 0 aliphatic heterocycles. The number of benzene rings is 2. The summed E-state index contributed by atoms with van der Waals surface area (Å²) in [6, 6.07) is 8.96. The van der Waals surface area contributed by atoms with E-state index in [4.69, 9.17) is 0 Å². The summed E-state index contributed by atoms with van der Waals surface area (Å²) in [5.41, 5.74) is 1.11. The van der Waals surface area contributed by atoms with Gasteiger partial charge in [0.15, 0.2) is 0 Å². The van der Waals surface area contributed by atoms with Gasteiger partial charge in [0.1, 0.15) is 4.47 Å². The Labute approximate surface area is 130 Å². The van der Waals surface area contributed by atoms with E-state index in [-0.39, 0.29) is 11.4 Å². The highest BCUT2D eigenvalue weighted by Crippen LogP contribution is 2.40. The molecule has 0 spiro atoms. The number of hydrogen-bond acceptors (Lipinski definition) is 4. The molecule has 0 aromatic heterocycles. The number of nitro benzene ring substituents is 2. The molecule has 2 aromatic rings. The van der Waals surface area contributed by atoms with Crippen molar-refractivity contribution in [3.63, 3.8) is 0 Å². The molecule has 0 amide bonds. The van der Waals surface area contributed by atoms with Crippen molar-refractivity contribution in [2.24, 2.45) is 0 Å². The van der Waals surface area contributed by atoms with Gasteiger partial charge in [0.25, 0.3) is 11.4 Å². The molecular formula is C12H6Br2N2O4. The fraction of sp³-hybridized carbons (Fsp3) is 0. The van der Waals surface area contributed by atoms with E-state index in [0.717, 1.165) is 0 Å². The molecule has 0 bridgehead atoms. The van der Waals surface area contributed by atoms with Gasteiger partial charge < -0.3 is 0 Å². The van der Waals surface area contributed by atoms with Crippen LogP contribution in [0.3, 0.4) is 0 Å². The molecule has 2 aromatic carbocycles. The summed E-state index contributed by atoms with van der Waals surface area (Å²) in [6.07, 6.45) is 0. The predicted molar refractivity (Wildman–Crippen MR) is 80.6 cm³/mol. The van der Waals surface area contributed by atoms with E-state index in [1.807, 2.05) is 0 Å². The Bertz CT molecular complexity index is 719. The molecule has 0 saturated heterocycles. The molecule has 0 aliphatic rings. The van der Waals surface area contributed by atoms with E-state index in [1.54, 1.807) is 18.2 Å². The third kappa shape index (κ3) is 2.70. The van der Waals surface area contributed by atoms with Crippen LogP contribution in [0.1, 0.15) is 0 Å². The van der Waals surface area contributed by atoms with Crippen molar-refractivity contribution in [1.82, 2.24) is 0 Å². The Hall–Kier alpha value is -1.80. The van der Waals surface area contributed by atoms with Gasteiger partial charge >= 0.3 is 0 Å². The SMILES string of the molecule is O=[N+]([O-])c1cccc(-c2ccc([N+](=O)[O-])c(Br)c2Br)c1. The number of rotatable bonds is 3. The highest BCUT2D eigenvalue weighted by Gasteiger charge is 2.18. The third-order valence-corrected chi connectivity index (χ3v) is 4.79. The van der Waals surface area contributed by atoms with Crippen LogP contribution in [0.25, 0.3) is 11.1 Å². The molecule has 0 N–H and O–H groups in total. The number of nitrogens with zero attached hydrogens (tertiary/aromatic N) is 2. The minimum Gasteiger partial charge on any atom is -0.258 e. The molecule has 20 heavy (non-hydrogen) atoms. The van der Waals surface area contributed by atoms with Crippen molar-refractivity contribution >= 4 is 43.2 Å². The van der Waals surface area contributed by atoms with Crippen molar-refractivity contribution in [3.05, 3.63) is 65.6 Å². The van der Waals surface area contributed by atoms with Crippen LogP contribution < -0.4 is 0 Å². The summed E-state index contributed by atoms with van der Waals surface area (Å²) in [4.78, 5) is 20.6. The van der Waals surface area contributed by atoms with Gasteiger partial charge in [0.2, 0.25) is 0 Å². The maximum atomic E-state index is 10.8. The lowest BCUT2D eigenvalue weighted by Gasteiger charge is -2.07. The van der Waals surface area contributed by atoms with Gasteiger partial charge in [0, 0.05) is 22.7 Å². The number of non-ortho nitro benzene ring substituents is 1. The van der Waals surface area contributed by atoms with E-state index in [0.29, 0.717) is 20.1 Å². The van der Waals surface area contributed by atoms with Gasteiger partial charge in [-0.25, -0.2) is 0 Å². The van der Waals surface area contributed by atoms with Crippen LogP contribution in [-0.4, -0.2) is 9.85 Å². The van der Waals surface area contributed by atoms with E-state index < -0.39 is 9.85 Å². The monoisotopic (exact) mass is 400 g/mol. The number of halogens is 2. The third-order valence-electron chi connectivity index (χ3n) is 2.63. The minimum atomic E-state index is -0.508. The Morgan fingerprint density at radius 1 is 0.900 bits per heavy atom. The Balaban J connectivity index is 2.59. The molecule has 8 heteroatoms. The fourth-order valence-corrected chi connectivity index (χ4v) is 2.74. The van der Waals surface area contributed by atoms with Crippen molar-refractivity contribution in [1.29, 1.82) is 0 Å². The lowest BCUT2D eigenvalue weighted by Crippen LogP contribution is -1.92. The average Bonchev–Trinajstić information content (AvgIpc) is 2.41. The molecule has 2 rings (SSSR count). The second-order valence-corrected chi connectivity index (χ2v) is 5.41. The predicted octanol–water partition coefficient (Wildman–Crippen LogP) is 4.70. The molecular weight excluding hydrogens is 396 g/mol. The first kappa shape index (κ1) is 14.6. The summed E-state index contributed by atoms with van der Waals surface area (Å²) < 4.78 is 0.777. The molecule has 0 radical (unpaired) electrons. The fourth-order valence-electron chi connectivity index (χ4n) is 1.69. The van der Waals surface area contributed by atoms with Crippen molar-refractivity contribution in [3.8, 4) is 11.1 Å². The van der Waals surface area contributed by atoms with E-state index in [9.17, 15) is 20.2 Å². The minimum absolute atomic E-state index is 0.0381. The van der Waals surface area contributed by atoms with Gasteiger partial charge in [-0.2, -0.15) is 0 Å². The van der Waals surface area contributed by atoms with Gasteiger partial charge in [-0.05, 0) is 49.1 Å². The molecule has 0 fully saturated rings. The number of hydrogen-bond donors (Lipinski definition) is 0. The second kappa shape index (κ2) is 5.68. The lowest BCUT2D eigenvalue weighted by atomic mass is 10.0. The topological polar surface area (TPSA) is 86.3 Å². The van der Waals surface area contributed by atoms with Crippen LogP contribution in [0.4, 0.5) is 11.4 Å².